The van der Waals surface area contributed by atoms with Crippen LogP contribution in [-0.4, -0.2) is 57.6 Å². The third-order valence-electron chi connectivity index (χ3n) is 3.85. The van der Waals surface area contributed by atoms with E-state index in [0.29, 0.717) is 18.9 Å². The van der Waals surface area contributed by atoms with Gasteiger partial charge in [0.15, 0.2) is 22.8 Å². The molecule has 0 aliphatic carbocycles. The summed E-state index contributed by atoms with van der Waals surface area (Å²) in [5.41, 5.74) is 0. The normalized spacial score (nSPS) is 16.0. The minimum Gasteiger partial charge on any atom is -0.486 e. The number of carbonyl (C=O) groups excluding carboxylic acids is 1. The Morgan fingerprint density at radius 3 is 2.83 bits per heavy atom. The lowest BCUT2D eigenvalue weighted by molar-refractivity contribution is -0.128. The third-order valence-corrected chi connectivity index (χ3v) is 4.85. The van der Waals surface area contributed by atoms with Gasteiger partial charge in [-0.1, -0.05) is 23.9 Å². The Bertz CT molecular complexity index is 734. The lowest BCUT2D eigenvalue weighted by Gasteiger charge is -2.29. The fraction of sp³-hybridized carbons (Fsp3) is 0.438. The van der Waals surface area contributed by atoms with Crippen LogP contribution in [0.2, 0.25) is 0 Å². The molecule has 0 fully saturated rings. The summed E-state index contributed by atoms with van der Waals surface area (Å²) in [6.45, 7) is 2.79. The number of rotatable bonds is 5. The Morgan fingerprint density at radius 2 is 2.12 bits per heavy atom. The van der Waals surface area contributed by atoms with Crippen LogP contribution in [0.3, 0.4) is 0 Å². The summed E-state index contributed by atoms with van der Waals surface area (Å²) in [7, 11) is 3.66. The maximum absolute atomic E-state index is 12.3. The molecule has 0 unspecified atom stereocenters. The van der Waals surface area contributed by atoms with Crippen molar-refractivity contribution in [2.24, 2.45) is 7.05 Å². The van der Waals surface area contributed by atoms with Gasteiger partial charge in [0.1, 0.15) is 12.4 Å². The number of para-hydroxylation sites is 2. The molecule has 128 valence electrons. The van der Waals surface area contributed by atoms with Gasteiger partial charge in [0.25, 0.3) is 0 Å². The summed E-state index contributed by atoms with van der Waals surface area (Å²) in [6, 6.07) is 7.55. The zero-order valence-corrected chi connectivity index (χ0v) is 14.7. The van der Waals surface area contributed by atoms with Gasteiger partial charge in [-0.15, -0.1) is 10.2 Å². The molecule has 2 heterocycles. The largest absolute Gasteiger partial charge is 0.486 e. The van der Waals surface area contributed by atoms with Crippen LogP contribution >= 0.6 is 11.8 Å². The Morgan fingerprint density at radius 1 is 1.38 bits per heavy atom. The van der Waals surface area contributed by atoms with Crippen molar-refractivity contribution in [3.05, 3.63) is 30.1 Å². The van der Waals surface area contributed by atoms with Crippen molar-refractivity contribution >= 4 is 17.7 Å². The quantitative estimate of drug-likeness (QED) is 0.763. The topological polar surface area (TPSA) is 69.5 Å². The van der Waals surface area contributed by atoms with Crippen molar-refractivity contribution in [1.29, 1.82) is 0 Å². The summed E-state index contributed by atoms with van der Waals surface area (Å²) in [6.07, 6.45) is -0.170. The van der Waals surface area contributed by atoms with E-state index >= 15 is 0 Å². The van der Waals surface area contributed by atoms with Crippen LogP contribution in [0.15, 0.2) is 29.4 Å². The van der Waals surface area contributed by atoms with Gasteiger partial charge in [-0.05, 0) is 19.1 Å². The first-order valence-corrected chi connectivity index (χ1v) is 8.64. The molecule has 24 heavy (non-hydrogen) atoms. The van der Waals surface area contributed by atoms with Gasteiger partial charge in [0, 0.05) is 14.1 Å². The number of likely N-dealkylation sites (N-methyl/N-ethyl adjacent to an activating group) is 1. The van der Waals surface area contributed by atoms with Gasteiger partial charge < -0.3 is 18.9 Å². The molecule has 7 nitrogen and oxygen atoms in total. The number of nitrogens with zero attached hydrogens (tertiary/aromatic N) is 4. The monoisotopic (exact) mass is 348 g/mol. The molecule has 0 bridgehead atoms. The van der Waals surface area contributed by atoms with Crippen LogP contribution in [0.4, 0.5) is 0 Å². The standard InChI is InChI=1S/C16H20N4O3S/c1-11-17-18-16(20(11)3)24-10-15(21)19(2)8-12-9-22-13-6-4-5-7-14(13)23-12/h4-7,12H,8-10H2,1-3H3/t12-/m0/s1. The minimum absolute atomic E-state index is 0.0168. The van der Waals surface area contributed by atoms with E-state index in [0.717, 1.165) is 22.5 Å². The molecule has 1 amide bonds. The second kappa shape index (κ2) is 7.12. The SMILES string of the molecule is Cc1nnc(SCC(=O)N(C)C[C@H]2COc3ccccc3O2)n1C. The average molecular weight is 348 g/mol. The summed E-state index contributed by atoms with van der Waals surface area (Å²) < 4.78 is 13.4. The van der Waals surface area contributed by atoms with Gasteiger partial charge >= 0.3 is 0 Å². The van der Waals surface area contributed by atoms with E-state index in [2.05, 4.69) is 10.2 Å². The zero-order chi connectivity index (χ0) is 17.1. The van der Waals surface area contributed by atoms with E-state index in [1.54, 1.807) is 11.9 Å². The number of aromatic nitrogens is 3. The molecule has 0 N–H and O–H groups in total. The predicted octanol–water partition coefficient (Wildman–Crippen LogP) is 1.51. The number of aryl methyl sites for hydroxylation is 1. The number of thioether (sulfide) groups is 1. The second-order valence-corrected chi connectivity index (χ2v) is 6.59. The van der Waals surface area contributed by atoms with Gasteiger partial charge in [0.05, 0.1) is 12.3 Å². The van der Waals surface area contributed by atoms with E-state index in [9.17, 15) is 4.79 Å². The molecule has 1 atom stereocenters. The molecule has 0 saturated carbocycles. The molecule has 0 spiro atoms. The van der Waals surface area contributed by atoms with Crippen molar-refractivity contribution in [3.63, 3.8) is 0 Å². The van der Waals surface area contributed by atoms with Crippen molar-refractivity contribution < 1.29 is 14.3 Å². The lowest BCUT2D eigenvalue weighted by Crippen LogP contribution is -2.42. The van der Waals surface area contributed by atoms with E-state index in [4.69, 9.17) is 9.47 Å². The Balaban J connectivity index is 1.51. The van der Waals surface area contributed by atoms with Gasteiger partial charge in [-0.3, -0.25) is 4.79 Å². The zero-order valence-electron chi connectivity index (χ0n) is 13.9. The molecule has 1 aliphatic rings. The van der Waals surface area contributed by atoms with E-state index in [-0.39, 0.29) is 12.0 Å². The van der Waals surface area contributed by atoms with E-state index < -0.39 is 0 Å². The van der Waals surface area contributed by atoms with Crippen molar-refractivity contribution in [2.75, 3.05) is 26.0 Å². The fourth-order valence-electron chi connectivity index (χ4n) is 2.31. The number of amides is 1. The van der Waals surface area contributed by atoms with Gasteiger partial charge in [0.2, 0.25) is 5.91 Å². The smallest absolute Gasteiger partial charge is 0.232 e. The molecule has 1 aromatic carbocycles. The second-order valence-electron chi connectivity index (χ2n) is 5.65. The highest BCUT2D eigenvalue weighted by Crippen LogP contribution is 2.31. The van der Waals surface area contributed by atoms with Gasteiger partial charge in [-0.2, -0.15) is 0 Å². The number of hydrogen-bond donors (Lipinski definition) is 0. The van der Waals surface area contributed by atoms with E-state index in [1.165, 1.54) is 11.8 Å². The van der Waals surface area contributed by atoms with Crippen molar-refractivity contribution in [1.82, 2.24) is 19.7 Å². The molecule has 0 radical (unpaired) electrons. The molecule has 3 rings (SSSR count). The molecule has 1 aliphatic heterocycles. The average Bonchev–Trinajstić information content (AvgIpc) is 2.91. The minimum atomic E-state index is -0.170. The maximum Gasteiger partial charge on any atom is 0.232 e. The molecular weight excluding hydrogens is 328 g/mol. The van der Waals surface area contributed by atoms with E-state index in [1.807, 2.05) is 42.8 Å². The number of carbonyl (C=O) groups is 1. The lowest BCUT2D eigenvalue weighted by atomic mass is 10.2. The molecule has 0 saturated heterocycles. The first-order chi connectivity index (χ1) is 11.5. The summed E-state index contributed by atoms with van der Waals surface area (Å²) >= 11 is 1.38. The summed E-state index contributed by atoms with van der Waals surface area (Å²) in [4.78, 5) is 14.0. The van der Waals surface area contributed by atoms with Crippen molar-refractivity contribution in [2.45, 2.75) is 18.2 Å². The van der Waals surface area contributed by atoms with Crippen LogP contribution in [0.5, 0.6) is 11.5 Å². The van der Waals surface area contributed by atoms with Crippen LogP contribution in [0.25, 0.3) is 0 Å². The highest BCUT2D eigenvalue weighted by Gasteiger charge is 2.24. The highest BCUT2D eigenvalue weighted by molar-refractivity contribution is 7.99. The van der Waals surface area contributed by atoms with Crippen LogP contribution in [-0.2, 0) is 11.8 Å². The van der Waals surface area contributed by atoms with Gasteiger partial charge in [-0.25, -0.2) is 0 Å². The molecule has 8 heteroatoms. The number of ether oxygens (including phenoxy) is 2. The van der Waals surface area contributed by atoms with Crippen LogP contribution in [0.1, 0.15) is 5.82 Å². The van der Waals surface area contributed by atoms with Crippen LogP contribution < -0.4 is 9.47 Å². The molecule has 1 aromatic heterocycles. The highest BCUT2D eigenvalue weighted by atomic mass is 32.2. The first-order valence-electron chi connectivity index (χ1n) is 7.66. The first kappa shape index (κ1) is 16.6. The van der Waals surface area contributed by atoms with Crippen molar-refractivity contribution in [3.8, 4) is 11.5 Å². The Hall–Kier alpha value is -2.22. The number of fused-ring (bicyclic) bond motifs is 1. The third kappa shape index (κ3) is 3.64. The Kier molecular flexibility index (Phi) is 4.94. The summed E-state index contributed by atoms with van der Waals surface area (Å²) in [5, 5.41) is 8.77. The summed E-state index contributed by atoms with van der Waals surface area (Å²) in [5.74, 6) is 2.62. The Labute approximate surface area is 145 Å². The fourth-order valence-corrected chi connectivity index (χ4v) is 3.21. The van der Waals surface area contributed by atoms with Crippen LogP contribution in [0, 0.1) is 6.92 Å². The number of benzene rings is 1. The molecular formula is C16H20N4O3S. The number of hydrogen-bond acceptors (Lipinski definition) is 6. The predicted molar refractivity (Wildman–Crippen MR) is 90.5 cm³/mol. The maximum atomic E-state index is 12.3. The molecule has 2 aromatic rings.